The van der Waals surface area contributed by atoms with Gasteiger partial charge in [-0.05, 0) is 13.3 Å². The molecule has 0 spiro atoms. The molecule has 0 bridgehead atoms. The van der Waals surface area contributed by atoms with Crippen LogP contribution in [0.25, 0.3) is 0 Å². The van der Waals surface area contributed by atoms with E-state index < -0.39 is 46.6 Å². The maximum atomic E-state index is 13.8. The fourth-order valence-corrected chi connectivity index (χ4v) is 3.02. The van der Waals surface area contributed by atoms with Gasteiger partial charge in [-0.3, -0.25) is 0 Å². The van der Waals surface area contributed by atoms with Crippen LogP contribution in [0.4, 0.5) is 17.6 Å². The molecule has 2 rings (SSSR count). The predicted molar refractivity (Wildman–Crippen MR) is 75.3 cm³/mol. The summed E-state index contributed by atoms with van der Waals surface area (Å²) in [7, 11) is 0. The Morgan fingerprint density at radius 1 is 1.14 bits per heavy atom. The quantitative estimate of drug-likeness (QED) is 0.670. The first-order valence-electron chi connectivity index (χ1n) is 6.65. The van der Waals surface area contributed by atoms with E-state index in [0.717, 1.165) is 11.8 Å². The highest BCUT2D eigenvalue weighted by atomic mass is 32.2. The van der Waals surface area contributed by atoms with Gasteiger partial charge in [-0.25, -0.2) is 17.6 Å². The second kappa shape index (κ2) is 6.45. The summed E-state index contributed by atoms with van der Waals surface area (Å²) in [6.07, 6.45) is 1.18. The zero-order chi connectivity index (χ0) is 16.5. The van der Waals surface area contributed by atoms with Crippen LogP contribution in [0, 0.1) is 23.3 Å². The Balaban J connectivity index is 2.18. The average molecular weight is 337 g/mol. The Bertz CT molecular complexity index is 594. The smallest absolute Gasteiger partial charge is 0.167 e. The minimum Gasteiger partial charge on any atom is -0.391 e. The lowest BCUT2D eigenvalue weighted by atomic mass is 10.0. The van der Waals surface area contributed by atoms with Gasteiger partial charge in [-0.1, -0.05) is 12.1 Å². The van der Waals surface area contributed by atoms with Crippen molar-refractivity contribution in [3.63, 3.8) is 0 Å². The molecule has 1 aliphatic heterocycles. The second-order valence-electron chi connectivity index (χ2n) is 5.22. The molecule has 1 aromatic rings. The summed E-state index contributed by atoms with van der Waals surface area (Å²) < 4.78 is 54.8. The van der Waals surface area contributed by atoms with Gasteiger partial charge in [0.05, 0.1) is 12.2 Å². The molecular formula is C14H15F4NO2S. The van der Waals surface area contributed by atoms with Crippen LogP contribution >= 0.6 is 11.8 Å². The fourth-order valence-electron chi connectivity index (χ4n) is 1.96. The molecule has 0 fully saturated rings. The van der Waals surface area contributed by atoms with E-state index in [1.54, 1.807) is 0 Å². The molecule has 0 radical (unpaired) electrons. The van der Waals surface area contributed by atoms with Gasteiger partial charge in [0.25, 0.3) is 0 Å². The average Bonchev–Trinajstić information content (AvgIpc) is 2.88. The van der Waals surface area contributed by atoms with Crippen molar-refractivity contribution in [1.82, 2.24) is 0 Å². The Morgan fingerprint density at radius 2 is 1.68 bits per heavy atom. The monoisotopic (exact) mass is 337 g/mol. The van der Waals surface area contributed by atoms with Gasteiger partial charge >= 0.3 is 0 Å². The van der Waals surface area contributed by atoms with Gasteiger partial charge in [0, 0.05) is 17.7 Å². The highest BCUT2D eigenvalue weighted by molar-refractivity contribution is 8.13. The van der Waals surface area contributed by atoms with Gasteiger partial charge in [-0.15, -0.1) is 11.8 Å². The number of benzene rings is 1. The largest absolute Gasteiger partial charge is 0.391 e. The van der Waals surface area contributed by atoms with Crippen molar-refractivity contribution in [3.05, 3.63) is 34.4 Å². The minimum atomic E-state index is -1.57. The van der Waals surface area contributed by atoms with Crippen LogP contribution in [0.15, 0.2) is 5.16 Å². The molecule has 8 heteroatoms. The maximum Gasteiger partial charge on any atom is 0.167 e. The van der Waals surface area contributed by atoms with E-state index in [0.29, 0.717) is 17.9 Å². The SMILES string of the molecule is CCC1(C)CC(SCc2c(F)c(F)c(CO)c(F)c2F)=NO1. The highest BCUT2D eigenvalue weighted by Gasteiger charge is 2.33. The molecule has 1 unspecified atom stereocenters. The highest BCUT2D eigenvalue weighted by Crippen LogP contribution is 2.33. The van der Waals surface area contributed by atoms with Gasteiger partial charge in [0.2, 0.25) is 0 Å². The minimum absolute atomic E-state index is 0.320. The van der Waals surface area contributed by atoms with E-state index in [1.165, 1.54) is 0 Å². The van der Waals surface area contributed by atoms with Gasteiger partial charge in [0.1, 0.15) is 10.6 Å². The normalized spacial score (nSPS) is 21.0. The molecule has 1 atom stereocenters. The molecule has 3 nitrogen and oxygen atoms in total. The molecule has 22 heavy (non-hydrogen) atoms. The number of oxime groups is 1. The van der Waals surface area contributed by atoms with E-state index in [-0.39, 0.29) is 5.75 Å². The molecule has 1 heterocycles. The lowest BCUT2D eigenvalue weighted by Gasteiger charge is -2.18. The third-order valence-electron chi connectivity index (χ3n) is 3.63. The summed E-state index contributed by atoms with van der Waals surface area (Å²) in [5, 5.41) is 13.1. The standard InChI is InChI=1S/C14H15F4NO2S/c1-3-14(2)4-9(19-21-14)22-6-8-12(17)10(15)7(5-20)11(16)13(8)18/h20H,3-6H2,1-2H3. The zero-order valence-corrected chi connectivity index (χ0v) is 12.9. The number of halogens is 4. The van der Waals surface area contributed by atoms with E-state index in [9.17, 15) is 17.6 Å². The number of hydrogen-bond donors (Lipinski definition) is 1. The van der Waals surface area contributed by atoms with Crippen LogP contribution in [0.3, 0.4) is 0 Å². The lowest BCUT2D eigenvalue weighted by molar-refractivity contribution is -0.00604. The molecule has 0 saturated heterocycles. The summed E-state index contributed by atoms with van der Waals surface area (Å²) >= 11 is 0.963. The number of nitrogens with zero attached hydrogens (tertiary/aromatic N) is 1. The van der Waals surface area contributed by atoms with Crippen LogP contribution in [-0.4, -0.2) is 15.8 Å². The molecule has 1 aromatic carbocycles. The summed E-state index contributed by atoms with van der Waals surface area (Å²) in [6, 6.07) is 0. The maximum absolute atomic E-state index is 13.8. The number of aliphatic hydroxyl groups is 1. The van der Waals surface area contributed by atoms with Crippen molar-refractivity contribution in [2.24, 2.45) is 5.16 Å². The lowest BCUT2D eigenvalue weighted by Crippen LogP contribution is -2.22. The van der Waals surface area contributed by atoms with E-state index in [1.807, 2.05) is 13.8 Å². The molecule has 1 aliphatic rings. The molecule has 0 aromatic heterocycles. The number of hydrogen-bond acceptors (Lipinski definition) is 4. The van der Waals surface area contributed by atoms with E-state index in [4.69, 9.17) is 9.94 Å². The van der Waals surface area contributed by atoms with Crippen molar-refractivity contribution in [2.75, 3.05) is 0 Å². The van der Waals surface area contributed by atoms with Crippen molar-refractivity contribution in [3.8, 4) is 0 Å². The van der Waals surface area contributed by atoms with Crippen LogP contribution in [0.1, 0.15) is 37.8 Å². The Labute approximate surface area is 129 Å². The molecular weight excluding hydrogens is 322 g/mol. The molecule has 122 valence electrons. The number of rotatable bonds is 4. The molecule has 0 aliphatic carbocycles. The van der Waals surface area contributed by atoms with Crippen molar-refractivity contribution < 1.29 is 27.5 Å². The van der Waals surface area contributed by atoms with Crippen LogP contribution in [-0.2, 0) is 17.2 Å². The summed E-state index contributed by atoms with van der Waals surface area (Å²) in [5.41, 5.74) is -2.19. The summed E-state index contributed by atoms with van der Waals surface area (Å²) in [5.74, 6) is -6.44. The van der Waals surface area contributed by atoms with Gasteiger partial charge in [-0.2, -0.15) is 0 Å². The summed E-state index contributed by atoms with van der Waals surface area (Å²) in [4.78, 5) is 5.23. The fraction of sp³-hybridized carbons (Fsp3) is 0.500. The second-order valence-corrected chi connectivity index (χ2v) is 6.26. The Hall–Kier alpha value is -1.28. The first-order valence-corrected chi connectivity index (χ1v) is 7.64. The number of aliphatic hydroxyl groups excluding tert-OH is 1. The van der Waals surface area contributed by atoms with Crippen LogP contribution < -0.4 is 0 Å². The Kier molecular flexibility index (Phi) is 5.01. The van der Waals surface area contributed by atoms with Crippen molar-refractivity contribution in [1.29, 1.82) is 0 Å². The first-order chi connectivity index (χ1) is 10.3. The van der Waals surface area contributed by atoms with Crippen molar-refractivity contribution >= 4 is 16.8 Å². The van der Waals surface area contributed by atoms with Gasteiger partial charge in [0.15, 0.2) is 23.3 Å². The topological polar surface area (TPSA) is 41.8 Å². The van der Waals surface area contributed by atoms with E-state index in [2.05, 4.69) is 5.16 Å². The molecule has 0 amide bonds. The van der Waals surface area contributed by atoms with Crippen LogP contribution in [0.5, 0.6) is 0 Å². The third-order valence-corrected chi connectivity index (χ3v) is 4.61. The summed E-state index contributed by atoms with van der Waals surface area (Å²) in [6.45, 7) is 2.65. The zero-order valence-electron chi connectivity index (χ0n) is 12.1. The molecule has 1 N–H and O–H groups in total. The first kappa shape index (κ1) is 17.1. The van der Waals surface area contributed by atoms with E-state index >= 15 is 0 Å². The number of thioether (sulfide) groups is 1. The molecule has 0 saturated carbocycles. The van der Waals surface area contributed by atoms with Gasteiger partial charge < -0.3 is 9.94 Å². The third kappa shape index (κ3) is 3.08. The predicted octanol–water partition coefficient (Wildman–Crippen LogP) is 3.87. The van der Waals surface area contributed by atoms with Crippen LogP contribution in [0.2, 0.25) is 0 Å². The van der Waals surface area contributed by atoms with Crippen molar-refractivity contribution in [2.45, 2.75) is 44.6 Å². The Morgan fingerprint density at radius 3 is 2.14 bits per heavy atom.